The Morgan fingerprint density at radius 1 is 1.30 bits per heavy atom. The molecular formula is C15H24IN3O. The zero-order valence-electron chi connectivity index (χ0n) is 12.4. The minimum Gasteiger partial charge on any atom is -0.369 e. The lowest BCUT2D eigenvalue weighted by Crippen LogP contribution is -2.34. The Balaban J connectivity index is 2.28. The summed E-state index contributed by atoms with van der Waals surface area (Å²) in [5, 5.41) is 3.39. The smallest absolute Gasteiger partial charge is 0.162 e. The molecule has 1 saturated carbocycles. The molecule has 20 heavy (non-hydrogen) atoms. The zero-order valence-corrected chi connectivity index (χ0v) is 14.6. The molecule has 112 valence electrons. The van der Waals surface area contributed by atoms with Crippen LogP contribution in [0.4, 0.5) is 5.82 Å². The summed E-state index contributed by atoms with van der Waals surface area (Å²) in [5.74, 6) is 1.81. The molecule has 5 heteroatoms. The number of nitrogens with one attached hydrogen (secondary N) is 1. The number of ether oxygens (including phenoxy) is 1. The average molecular weight is 389 g/mol. The number of hydrogen-bond acceptors (Lipinski definition) is 4. The van der Waals surface area contributed by atoms with Crippen LogP contribution in [-0.4, -0.2) is 23.1 Å². The molecule has 2 rings (SSSR count). The van der Waals surface area contributed by atoms with E-state index < -0.39 is 0 Å². The number of halogens is 1. The second kappa shape index (κ2) is 7.54. The molecule has 0 aliphatic heterocycles. The predicted octanol–water partition coefficient (Wildman–Crippen LogP) is 4.10. The maximum Gasteiger partial charge on any atom is 0.162 e. The third-order valence-electron chi connectivity index (χ3n) is 3.78. The van der Waals surface area contributed by atoms with Crippen molar-refractivity contribution in [2.45, 2.75) is 58.0 Å². The first kappa shape index (κ1) is 15.9. The quantitative estimate of drug-likeness (QED) is 0.745. The molecule has 0 atom stereocenters. The first-order chi connectivity index (χ1) is 9.72. The Hall–Kier alpha value is -0.430. The molecule has 1 aromatic heterocycles. The van der Waals surface area contributed by atoms with Gasteiger partial charge in [-0.25, -0.2) is 9.97 Å². The molecule has 0 saturated heterocycles. The van der Waals surface area contributed by atoms with Gasteiger partial charge in [0.25, 0.3) is 0 Å². The number of anilines is 1. The first-order valence-corrected chi connectivity index (χ1v) is 8.70. The maximum absolute atomic E-state index is 6.10. The van der Waals surface area contributed by atoms with Gasteiger partial charge in [-0.2, -0.15) is 0 Å². The summed E-state index contributed by atoms with van der Waals surface area (Å²) < 4.78 is 7.17. The Bertz CT molecular complexity index is 428. The van der Waals surface area contributed by atoms with Gasteiger partial charge in [0.2, 0.25) is 0 Å². The van der Waals surface area contributed by atoms with Crippen LogP contribution in [0.5, 0.6) is 0 Å². The van der Waals surface area contributed by atoms with Crippen LogP contribution in [0.25, 0.3) is 0 Å². The molecule has 0 amide bonds. The molecule has 1 heterocycles. The molecule has 1 aliphatic rings. The van der Waals surface area contributed by atoms with Crippen molar-refractivity contribution in [1.82, 2.24) is 9.97 Å². The summed E-state index contributed by atoms with van der Waals surface area (Å²) >= 11 is 2.29. The van der Waals surface area contributed by atoms with Crippen LogP contribution in [0, 0.1) is 3.57 Å². The molecule has 0 aromatic carbocycles. The third kappa shape index (κ3) is 3.61. The topological polar surface area (TPSA) is 47.0 Å². The fourth-order valence-electron chi connectivity index (χ4n) is 2.79. The fourth-order valence-corrected chi connectivity index (χ4v) is 3.24. The van der Waals surface area contributed by atoms with E-state index in [2.05, 4.69) is 46.7 Å². The minimum atomic E-state index is -0.264. The van der Waals surface area contributed by atoms with Crippen LogP contribution in [0.15, 0.2) is 6.20 Å². The molecule has 0 bridgehead atoms. The predicted molar refractivity (Wildman–Crippen MR) is 89.9 cm³/mol. The van der Waals surface area contributed by atoms with Gasteiger partial charge in [-0.15, -0.1) is 0 Å². The summed E-state index contributed by atoms with van der Waals surface area (Å²) in [6, 6.07) is 0. The summed E-state index contributed by atoms with van der Waals surface area (Å²) in [6.45, 7) is 5.87. The SMILES string of the molecule is CCCNc1nc(C2(OCC)CCCCC2)ncc1I. The molecule has 0 unspecified atom stereocenters. The average Bonchev–Trinajstić information content (AvgIpc) is 2.47. The van der Waals surface area contributed by atoms with E-state index >= 15 is 0 Å². The van der Waals surface area contributed by atoms with Crippen LogP contribution in [-0.2, 0) is 10.3 Å². The van der Waals surface area contributed by atoms with Crippen molar-refractivity contribution in [3.05, 3.63) is 15.6 Å². The minimum absolute atomic E-state index is 0.264. The normalized spacial score (nSPS) is 17.9. The Morgan fingerprint density at radius 2 is 2.05 bits per heavy atom. The van der Waals surface area contributed by atoms with Crippen molar-refractivity contribution >= 4 is 28.4 Å². The van der Waals surface area contributed by atoms with Crippen LogP contribution in [0.3, 0.4) is 0 Å². The molecule has 4 nitrogen and oxygen atoms in total. The van der Waals surface area contributed by atoms with Gasteiger partial charge in [-0.3, -0.25) is 0 Å². The van der Waals surface area contributed by atoms with Crippen LogP contribution in [0.1, 0.15) is 58.2 Å². The largest absolute Gasteiger partial charge is 0.369 e. The van der Waals surface area contributed by atoms with Gasteiger partial charge in [-0.05, 0) is 48.8 Å². The zero-order chi connectivity index (χ0) is 14.4. The van der Waals surface area contributed by atoms with E-state index in [1.54, 1.807) is 0 Å². The van der Waals surface area contributed by atoms with E-state index in [0.29, 0.717) is 6.61 Å². The summed E-state index contributed by atoms with van der Waals surface area (Å²) in [4.78, 5) is 9.35. The molecule has 0 radical (unpaired) electrons. The van der Waals surface area contributed by atoms with E-state index in [0.717, 1.165) is 41.0 Å². The van der Waals surface area contributed by atoms with E-state index in [1.807, 2.05) is 6.20 Å². The fraction of sp³-hybridized carbons (Fsp3) is 0.733. The van der Waals surface area contributed by atoms with Crippen molar-refractivity contribution in [3.63, 3.8) is 0 Å². The van der Waals surface area contributed by atoms with Crippen LogP contribution in [0.2, 0.25) is 0 Å². The number of nitrogens with zero attached hydrogens (tertiary/aromatic N) is 2. The van der Waals surface area contributed by atoms with Crippen molar-refractivity contribution in [3.8, 4) is 0 Å². The highest BCUT2D eigenvalue weighted by atomic mass is 127. The highest BCUT2D eigenvalue weighted by Crippen LogP contribution is 2.39. The van der Waals surface area contributed by atoms with Gasteiger partial charge in [0.1, 0.15) is 11.4 Å². The van der Waals surface area contributed by atoms with Crippen LogP contribution >= 0.6 is 22.6 Å². The number of hydrogen-bond donors (Lipinski definition) is 1. The molecule has 0 spiro atoms. The molecule has 1 N–H and O–H groups in total. The summed E-state index contributed by atoms with van der Waals surface area (Å²) in [5.41, 5.74) is -0.264. The second-order valence-electron chi connectivity index (χ2n) is 5.30. The molecule has 1 fully saturated rings. The van der Waals surface area contributed by atoms with Gasteiger partial charge in [0.15, 0.2) is 5.82 Å². The first-order valence-electron chi connectivity index (χ1n) is 7.62. The summed E-state index contributed by atoms with van der Waals surface area (Å²) in [6.07, 6.45) is 8.77. The highest BCUT2D eigenvalue weighted by molar-refractivity contribution is 14.1. The van der Waals surface area contributed by atoms with Crippen molar-refractivity contribution < 1.29 is 4.74 Å². The van der Waals surface area contributed by atoms with Gasteiger partial charge >= 0.3 is 0 Å². The summed E-state index contributed by atoms with van der Waals surface area (Å²) in [7, 11) is 0. The lowest BCUT2D eigenvalue weighted by Gasteiger charge is -2.35. The lowest BCUT2D eigenvalue weighted by atomic mass is 9.84. The standard InChI is InChI=1S/C15H24IN3O/c1-3-10-17-13-12(16)11-18-14(19-13)15(20-4-2)8-6-5-7-9-15/h11H,3-10H2,1-2H3,(H,17,18,19). The van der Waals surface area contributed by atoms with Gasteiger partial charge in [0, 0.05) is 19.3 Å². The van der Waals surface area contributed by atoms with Gasteiger partial charge in [0.05, 0.1) is 3.57 Å². The highest BCUT2D eigenvalue weighted by Gasteiger charge is 2.37. The van der Waals surface area contributed by atoms with E-state index in [4.69, 9.17) is 9.72 Å². The Kier molecular flexibility index (Phi) is 6.01. The molecule has 1 aliphatic carbocycles. The second-order valence-corrected chi connectivity index (χ2v) is 6.47. The monoisotopic (exact) mass is 389 g/mol. The maximum atomic E-state index is 6.10. The van der Waals surface area contributed by atoms with Crippen molar-refractivity contribution in [2.75, 3.05) is 18.5 Å². The van der Waals surface area contributed by atoms with E-state index in [9.17, 15) is 0 Å². The van der Waals surface area contributed by atoms with Gasteiger partial charge < -0.3 is 10.1 Å². The van der Waals surface area contributed by atoms with E-state index in [-0.39, 0.29) is 5.60 Å². The lowest BCUT2D eigenvalue weighted by molar-refractivity contribution is -0.0766. The Labute approximate surface area is 135 Å². The molecular weight excluding hydrogens is 365 g/mol. The van der Waals surface area contributed by atoms with Crippen molar-refractivity contribution in [1.29, 1.82) is 0 Å². The van der Waals surface area contributed by atoms with Gasteiger partial charge in [-0.1, -0.05) is 26.2 Å². The third-order valence-corrected chi connectivity index (χ3v) is 4.57. The number of rotatable bonds is 6. The van der Waals surface area contributed by atoms with Crippen molar-refractivity contribution in [2.24, 2.45) is 0 Å². The number of aromatic nitrogens is 2. The van der Waals surface area contributed by atoms with Crippen LogP contribution < -0.4 is 5.32 Å². The molecule has 1 aromatic rings. The Morgan fingerprint density at radius 3 is 2.70 bits per heavy atom. The van der Waals surface area contributed by atoms with E-state index in [1.165, 1.54) is 19.3 Å².